The highest BCUT2D eigenvalue weighted by Crippen LogP contribution is 2.30. The first-order valence-electron chi connectivity index (χ1n) is 4.19. The van der Waals surface area contributed by atoms with Gasteiger partial charge in [-0.3, -0.25) is 0 Å². The Labute approximate surface area is 86.2 Å². The van der Waals surface area contributed by atoms with E-state index >= 15 is 0 Å². The maximum Gasteiger partial charge on any atom is 0.345 e. The third-order valence-corrected chi connectivity index (χ3v) is 1.90. The van der Waals surface area contributed by atoms with Crippen molar-refractivity contribution in [1.29, 1.82) is 0 Å². The van der Waals surface area contributed by atoms with Crippen LogP contribution in [-0.2, 0) is 9.53 Å². The van der Waals surface area contributed by atoms with Crippen molar-refractivity contribution in [3.8, 4) is 11.5 Å². The lowest BCUT2D eigenvalue weighted by Gasteiger charge is -2.08. The highest BCUT2D eigenvalue weighted by atomic mass is 19.1. The molecule has 0 radical (unpaired) electrons. The standard InChI is InChI=1S/C10H11FO4/c1-14-8-4-3-6(5-7(8)12)9(11)10(13)15-2/h3-5,9,12H,1-2H3. The first kappa shape index (κ1) is 11.3. The minimum atomic E-state index is -1.90. The zero-order valence-electron chi connectivity index (χ0n) is 8.36. The molecule has 82 valence electrons. The third-order valence-electron chi connectivity index (χ3n) is 1.90. The Morgan fingerprint density at radius 3 is 2.60 bits per heavy atom. The molecule has 1 unspecified atom stereocenters. The van der Waals surface area contributed by atoms with Crippen LogP contribution in [0.25, 0.3) is 0 Å². The summed E-state index contributed by atoms with van der Waals surface area (Å²) in [5.74, 6) is -1.00. The van der Waals surface area contributed by atoms with Crippen LogP contribution in [0, 0.1) is 0 Å². The number of rotatable bonds is 3. The first-order valence-corrected chi connectivity index (χ1v) is 4.19. The van der Waals surface area contributed by atoms with E-state index in [4.69, 9.17) is 4.74 Å². The first-order chi connectivity index (χ1) is 7.10. The third kappa shape index (κ3) is 2.37. The smallest absolute Gasteiger partial charge is 0.345 e. The van der Waals surface area contributed by atoms with E-state index in [0.717, 1.165) is 13.2 Å². The van der Waals surface area contributed by atoms with Gasteiger partial charge in [0.15, 0.2) is 11.5 Å². The second kappa shape index (κ2) is 4.63. The molecule has 1 N–H and O–H groups in total. The lowest BCUT2D eigenvalue weighted by molar-refractivity contribution is -0.146. The zero-order chi connectivity index (χ0) is 11.4. The number of methoxy groups -OCH3 is 2. The van der Waals surface area contributed by atoms with Gasteiger partial charge in [0.2, 0.25) is 6.17 Å². The molecule has 0 heterocycles. The Hall–Kier alpha value is -1.78. The van der Waals surface area contributed by atoms with E-state index in [1.807, 2.05) is 0 Å². The Balaban J connectivity index is 2.97. The molecule has 0 aliphatic heterocycles. The molecule has 0 aliphatic carbocycles. The van der Waals surface area contributed by atoms with E-state index in [0.29, 0.717) is 0 Å². The van der Waals surface area contributed by atoms with Gasteiger partial charge in [0.25, 0.3) is 0 Å². The van der Waals surface area contributed by atoms with Crippen LogP contribution in [0.4, 0.5) is 4.39 Å². The lowest BCUT2D eigenvalue weighted by atomic mass is 10.1. The number of aromatic hydroxyl groups is 1. The highest BCUT2D eigenvalue weighted by Gasteiger charge is 2.21. The SMILES string of the molecule is COC(=O)C(F)c1ccc(OC)c(O)c1. The van der Waals surface area contributed by atoms with Crippen molar-refractivity contribution in [3.63, 3.8) is 0 Å². The molecule has 4 nitrogen and oxygen atoms in total. The molecule has 0 saturated carbocycles. The van der Waals surface area contributed by atoms with Crippen molar-refractivity contribution in [3.05, 3.63) is 23.8 Å². The second-order valence-corrected chi connectivity index (χ2v) is 2.82. The number of esters is 1. The Morgan fingerprint density at radius 1 is 1.47 bits per heavy atom. The molecule has 0 aliphatic rings. The van der Waals surface area contributed by atoms with Crippen LogP contribution < -0.4 is 4.74 Å². The summed E-state index contributed by atoms with van der Waals surface area (Å²) in [4.78, 5) is 10.9. The zero-order valence-corrected chi connectivity index (χ0v) is 8.36. The van der Waals surface area contributed by atoms with Crippen molar-refractivity contribution in [1.82, 2.24) is 0 Å². The van der Waals surface area contributed by atoms with Crippen LogP contribution in [0.15, 0.2) is 18.2 Å². The fraction of sp³-hybridized carbons (Fsp3) is 0.300. The van der Waals surface area contributed by atoms with E-state index in [1.54, 1.807) is 0 Å². The molecule has 1 atom stereocenters. The topological polar surface area (TPSA) is 55.8 Å². The summed E-state index contributed by atoms with van der Waals surface area (Å²) in [5, 5.41) is 9.35. The lowest BCUT2D eigenvalue weighted by Crippen LogP contribution is -2.09. The average molecular weight is 214 g/mol. The van der Waals surface area contributed by atoms with Gasteiger partial charge in [-0.1, -0.05) is 6.07 Å². The number of alkyl halides is 1. The number of phenols is 1. The van der Waals surface area contributed by atoms with Gasteiger partial charge in [-0.25, -0.2) is 9.18 Å². The summed E-state index contributed by atoms with van der Waals surface area (Å²) < 4.78 is 22.3. The molecule has 1 aromatic carbocycles. The average Bonchev–Trinajstić information content (AvgIpc) is 2.26. The quantitative estimate of drug-likeness (QED) is 0.776. The van der Waals surface area contributed by atoms with E-state index in [9.17, 15) is 14.3 Å². The van der Waals surface area contributed by atoms with E-state index in [2.05, 4.69) is 4.74 Å². The van der Waals surface area contributed by atoms with Crippen LogP contribution in [0.2, 0.25) is 0 Å². The van der Waals surface area contributed by atoms with Crippen molar-refractivity contribution in [2.75, 3.05) is 14.2 Å². The van der Waals surface area contributed by atoms with Gasteiger partial charge in [0.1, 0.15) is 0 Å². The largest absolute Gasteiger partial charge is 0.504 e. The van der Waals surface area contributed by atoms with Crippen molar-refractivity contribution < 1.29 is 23.8 Å². The van der Waals surface area contributed by atoms with Crippen LogP contribution >= 0.6 is 0 Å². The van der Waals surface area contributed by atoms with Crippen molar-refractivity contribution >= 4 is 5.97 Å². The number of ether oxygens (including phenoxy) is 2. The van der Waals surface area contributed by atoms with E-state index in [-0.39, 0.29) is 17.1 Å². The molecule has 0 aromatic heterocycles. The van der Waals surface area contributed by atoms with Gasteiger partial charge in [-0.05, 0) is 12.1 Å². The van der Waals surface area contributed by atoms with Crippen LogP contribution in [0.5, 0.6) is 11.5 Å². The van der Waals surface area contributed by atoms with Gasteiger partial charge in [0.05, 0.1) is 14.2 Å². The summed E-state index contributed by atoms with van der Waals surface area (Å²) in [5.41, 5.74) is 0.0279. The van der Waals surface area contributed by atoms with Gasteiger partial charge in [-0.15, -0.1) is 0 Å². The predicted octanol–water partition coefficient (Wildman–Crippen LogP) is 1.58. The predicted molar refractivity (Wildman–Crippen MR) is 50.5 cm³/mol. The van der Waals surface area contributed by atoms with E-state index < -0.39 is 12.1 Å². The minimum Gasteiger partial charge on any atom is -0.504 e. The van der Waals surface area contributed by atoms with E-state index in [1.165, 1.54) is 19.2 Å². The number of benzene rings is 1. The van der Waals surface area contributed by atoms with Crippen LogP contribution in [-0.4, -0.2) is 25.3 Å². The van der Waals surface area contributed by atoms with Gasteiger partial charge in [0, 0.05) is 5.56 Å². The molecule has 5 heteroatoms. The van der Waals surface area contributed by atoms with Crippen molar-refractivity contribution in [2.45, 2.75) is 6.17 Å². The van der Waals surface area contributed by atoms with Gasteiger partial charge in [-0.2, -0.15) is 0 Å². The number of phenolic OH excluding ortho intramolecular Hbond substituents is 1. The Bertz CT molecular complexity index is 364. The molecular formula is C10H11FO4. The fourth-order valence-corrected chi connectivity index (χ4v) is 1.10. The van der Waals surface area contributed by atoms with Crippen molar-refractivity contribution in [2.24, 2.45) is 0 Å². The molecule has 0 bridgehead atoms. The number of hydrogen-bond acceptors (Lipinski definition) is 4. The van der Waals surface area contributed by atoms with Crippen LogP contribution in [0.1, 0.15) is 11.7 Å². The highest BCUT2D eigenvalue weighted by molar-refractivity contribution is 5.76. The summed E-state index contributed by atoms with van der Waals surface area (Å²) in [7, 11) is 2.47. The number of halogens is 1. The molecule has 1 aromatic rings. The maximum atomic E-state index is 13.3. The van der Waals surface area contributed by atoms with Crippen LogP contribution in [0.3, 0.4) is 0 Å². The number of carbonyl (C=O) groups excluding carboxylic acids is 1. The maximum absolute atomic E-state index is 13.3. The number of hydrogen-bond donors (Lipinski definition) is 1. The molecule has 0 fully saturated rings. The monoisotopic (exact) mass is 214 g/mol. The summed E-state index contributed by atoms with van der Waals surface area (Å²) in [6, 6.07) is 3.85. The summed E-state index contributed by atoms with van der Waals surface area (Å²) in [6.45, 7) is 0. The molecule has 0 amide bonds. The molecule has 0 saturated heterocycles. The molecule has 1 rings (SSSR count). The molecule has 15 heavy (non-hydrogen) atoms. The van der Waals surface area contributed by atoms with Gasteiger partial charge < -0.3 is 14.6 Å². The van der Waals surface area contributed by atoms with Gasteiger partial charge >= 0.3 is 5.97 Å². The summed E-state index contributed by atoms with van der Waals surface area (Å²) in [6.07, 6.45) is -1.90. The minimum absolute atomic E-state index is 0.0279. The molecular weight excluding hydrogens is 203 g/mol. The Kier molecular flexibility index (Phi) is 3.49. The fourth-order valence-electron chi connectivity index (χ4n) is 1.10. The normalized spacial score (nSPS) is 11.9. The summed E-state index contributed by atoms with van der Waals surface area (Å²) >= 11 is 0. The second-order valence-electron chi connectivity index (χ2n) is 2.82. The number of carbonyl (C=O) groups is 1. The Morgan fingerprint density at radius 2 is 2.13 bits per heavy atom. The molecule has 0 spiro atoms.